The molecule has 2 aromatic rings. The monoisotopic (exact) mass is 378 g/mol. The molecular weight excluding hydrogens is 360 g/mol. The van der Waals surface area contributed by atoms with E-state index < -0.39 is 0 Å². The van der Waals surface area contributed by atoms with Crippen LogP contribution in [0.15, 0.2) is 22.7 Å². The number of carbonyl (C=O) groups is 1. The smallest absolute Gasteiger partial charge is 0.257 e. The third kappa shape index (κ3) is 3.61. The zero-order valence-electron chi connectivity index (χ0n) is 13.6. The molecule has 0 fully saturated rings. The minimum absolute atomic E-state index is 0.121. The lowest BCUT2D eigenvalue weighted by Crippen LogP contribution is -2.24. The van der Waals surface area contributed by atoms with E-state index in [1.165, 1.54) is 4.90 Å². The predicted molar refractivity (Wildman–Crippen MR) is 93.5 cm³/mol. The Morgan fingerprint density at radius 1 is 1.35 bits per heavy atom. The first kappa shape index (κ1) is 17.2. The van der Waals surface area contributed by atoms with Crippen LogP contribution in [0, 0.1) is 6.92 Å². The fourth-order valence-electron chi connectivity index (χ4n) is 2.24. The number of aromatic nitrogens is 2. The number of hydrogen-bond donors (Lipinski definition) is 1. The Morgan fingerprint density at radius 2 is 2.04 bits per heavy atom. The van der Waals surface area contributed by atoms with Crippen LogP contribution in [0.1, 0.15) is 23.0 Å². The van der Waals surface area contributed by atoms with Gasteiger partial charge in [0.1, 0.15) is 5.75 Å². The van der Waals surface area contributed by atoms with Gasteiger partial charge in [0.2, 0.25) is 5.95 Å². The maximum Gasteiger partial charge on any atom is 0.257 e. The molecule has 0 aliphatic carbocycles. The summed E-state index contributed by atoms with van der Waals surface area (Å²) in [6.07, 6.45) is 0. The number of anilines is 1. The van der Waals surface area contributed by atoms with Crippen LogP contribution in [-0.2, 0) is 0 Å². The van der Waals surface area contributed by atoms with Crippen molar-refractivity contribution in [2.45, 2.75) is 13.8 Å². The van der Waals surface area contributed by atoms with Crippen molar-refractivity contribution in [3.05, 3.63) is 33.9 Å². The van der Waals surface area contributed by atoms with Gasteiger partial charge in [-0.15, -0.1) is 0 Å². The largest absolute Gasteiger partial charge is 0.493 e. The normalized spacial score (nSPS) is 10.5. The third-order valence-corrected chi connectivity index (χ3v) is 3.72. The van der Waals surface area contributed by atoms with Crippen molar-refractivity contribution in [1.82, 2.24) is 14.9 Å². The first-order valence-electron chi connectivity index (χ1n) is 7.13. The maximum atomic E-state index is 12.6. The van der Waals surface area contributed by atoms with E-state index in [0.29, 0.717) is 34.9 Å². The number of halogens is 1. The van der Waals surface area contributed by atoms with Crippen LogP contribution in [0.5, 0.6) is 5.75 Å². The summed E-state index contributed by atoms with van der Waals surface area (Å²) in [7, 11) is 3.37. The van der Waals surface area contributed by atoms with Crippen molar-refractivity contribution in [3.8, 4) is 17.0 Å². The zero-order chi connectivity index (χ0) is 17.1. The SMILES string of the molecule is CCOc1ccc(Br)cc1-c1nc(N)nc(C)c1C(=O)N(C)C. The Kier molecular flexibility index (Phi) is 5.20. The van der Waals surface area contributed by atoms with Crippen LogP contribution in [0.4, 0.5) is 5.95 Å². The zero-order valence-corrected chi connectivity index (χ0v) is 15.1. The van der Waals surface area contributed by atoms with Crippen molar-refractivity contribution in [2.24, 2.45) is 0 Å². The maximum absolute atomic E-state index is 12.6. The minimum Gasteiger partial charge on any atom is -0.493 e. The van der Waals surface area contributed by atoms with Gasteiger partial charge < -0.3 is 15.4 Å². The number of benzene rings is 1. The molecule has 23 heavy (non-hydrogen) atoms. The lowest BCUT2D eigenvalue weighted by Gasteiger charge is -2.17. The Labute approximate surface area is 143 Å². The summed E-state index contributed by atoms with van der Waals surface area (Å²) in [6.45, 7) is 4.15. The molecule has 1 heterocycles. The Balaban J connectivity index is 2.77. The summed E-state index contributed by atoms with van der Waals surface area (Å²) in [5, 5.41) is 0. The van der Waals surface area contributed by atoms with Crippen molar-refractivity contribution in [3.63, 3.8) is 0 Å². The lowest BCUT2D eigenvalue weighted by atomic mass is 10.0. The first-order valence-corrected chi connectivity index (χ1v) is 7.93. The van der Waals surface area contributed by atoms with E-state index in [1.807, 2.05) is 25.1 Å². The van der Waals surface area contributed by atoms with Crippen molar-refractivity contribution in [1.29, 1.82) is 0 Å². The van der Waals surface area contributed by atoms with Gasteiger partial charge in [0.25, 0.3) is 5.91 Å². The highest BCUT2D eigenvalue weighted by Gasteiger charge is 2.23. The van der Waals surface area contributed by atoms with E-state index in [0.717, 1.165) is 4.47 Å². The van der Waals surface area contributed by atoms with E-state index >= 15 is 0 Å². The Bertz CT molecular complexity index is 747. The van der Waals surface area contributed by atoms with Crippen molar-refractivity contribution < 1.29 is 9.53 Å². The standard InChI is InChI=1S/C16H19BrN4O2/c1-5-23-12-7-6-10(17)8-11(12)14-13(15(22)21(3)4)9(2)19-16(18)20-14/h6-8H,5H2,1-4H3,(H2,18,19,20). The summed E-state index contributed by atoms with van der Waals surface area (Å²) >= 11 is 3.45. The van der Waals surface area contributed by atoms with Crippen LogP contribution in [-0.4, -0.2) is 41.5 Å². The van der Waals surface area contributed by atoms with Gasteiger partial charge in [-0.3, -0.25) is 4.79 Å². The van der Waals surface area contributed by atoms with Crippen LogP contribution in [0.2, 0.25) is 0 Å². The van der Waals surface area contributed by atoms with E-state index in [2.05, 4.69) is 25.9 Å². The molecule has 1 amide bonds. The molecule has 1 aromatic carbocycles. The van der Waals surface area contributed by atoms with Crippen LogP contribution in [0.3, 0.4) is 0 Å². The van der Waals surface area contributed by atoms with E-state index in [9.17, 15) is 4.79 Å². The average Bonchev–Trinajstić information content (AvgIpc) is 2.47. The fraction of sp³-hybridized carbons (Fsp3) is 0.312. The van der Waals surface area contributed by atoms with Gasteiger partial charge in [-0.05, 0) is 32.0 Å². The van der Waals surface area contributed by atoms with E-state index in [-0.39, 0.29) is 11.9 Å². The molecule has 0 atom stereocenters. The molecule has 6 nitrogen and oxygen atoms in total. The summed E-state index contributed by atoms with van der Waals surface area (Å²) in [4.78, 5) is 22.5. The van der Waals surface area contributed by atoms with E-state index in [4.69, 9.17) is 10.5 Å². The van der Waals surface area contributed by atoms with Crippen molar-refractivity contribution in [2.75, 3.05) is 26.4 Å². The van der Waals surface area contributed by atoms with Crippen LogP contribution in [0.25, 0.3) is 11.3 Å². The molecule has 7 heteroatoms. The average molecular weight is 379 g/mol. The molecule has 0 bridgehead atoms. The molecule has 0 aliphatic heterocycles. The van der Waals surface area contributed by atoms with Crippen molar-refractivity contribution >= 4 is 27.8 Å². The molecule has 1 aromatic heterocycles. The number of nitrogen functional groups attached to an aromatic ring is 1. The minimum atomic E-state index is -0.181. The molecule has 2 N–H and O–H groups in total. The highest BCUT2D eigenvalue weighted by Crippen LogP contribution is 2.35. The number of nitrogens with zero attached hydrogens (tertiary/aromatic N) is 3. The van der Waals surface area contributed by atoms with Crippen LogP contribution >= 0.6 is 15.9 Å². The van der Waals surface area contributed by atoms with Gasteiger partial charge in [0.15, 0.2) is 0 Å². The number of carbonyl (C=O) groups excluding carboxylic acids is 1. The molecule has 0 aliphatic rings. The second-order valence-electron chi connectivity index (χ2n) is 5.16. The van der Waals surface area contributed by atoms with Gasteiger partial charge in [0, 0.05) is 24.1 Å². The molecule has 2 rings (SSSR count). The third-order valence-electron chi connectivity index (χ3n) is 3.22. The fourth-order valence-corrected chi connectivity index (χ4v) is 2.60. The topological polar surface area (TPSA) is 81.3 Å². The number of amides is 1. The summed E-state index contributed by atoms with van der Waals surface area (Å²) in [6, 6.07) is 5.57. The van der Waals surface area contributed by atoms with Gasteiger partial charge in [-0.2, -0.15) is 0 Å². The number of nitrogens with two attached hydrogens (primary N) is 1. The second kappa shape index (κ2) is 6.95. The van der Waals surface area contributed by atoms with Gasteiger partial charge in [-0.25, -0.2) is 9.97 Å². The highest BCUT2D eigenvalue weighted by atomic mass is 79.9. The summed E-state index contributed by atoms with van der Waals surface area (Å²) in [5.74, 6) is 0.580. The van der Waals surface area contributed by atoms with E-state index in [1.54, 1.807) is 21.0 Å². The molecule has 122 valence electrons. The van der Waals surface area contributed by atoms with Gasteiger partial charge in [-0.1, -0.05) is 15.9 Å². The number of aryl methyl sites for hydroxylation is 1. The summed E-state index contributed by atoms with van der Waals surface area (Å²) < 4.78 is 6.53. The van der Waals surface area contributed by atoms with Crippen LogP contribution < -0.4 is 10.5 Å². The first-order chi connectivity index (χ1) is 10.8. The second-order valence-corrected chi connectivity index (χ2v) is 6.08. The molecular formula is C16H19BrN4O2. The predicted octanol–water partition coefficient (Wildman–Crippen LogP) is 2.90. The molecule has 0 saturated carbocycles. The Hall–Kier alpha value is -2.15. The molecule has 0 radical (unpaired) electrons. The molecule has 0 saturated heterocycles. The quantitative estimate of drug-likeness (QED) is 0.884. The molecule has 0 unspecified atom stereocenters. The Morgan fingerprint density at radius 3 is 2.65 bits per heavy atom. The number of ether oxygens (including phenoxy) is 1. The van der Waals surface area contributed by atoms with Gasteiger partial charge >= 0.3 is 0 Å². The number of hydrogen-bond acceptors (Lipinski definition) is 5. The highest BCUT2D eigenvalue weighted by molar-refractivity contribution is 9.10. The molecule has 0 spiro atoms. The number of rotatable bonds is 4. The summed E-state index contributed by atoms with van der Waals surface area (Å²) in [5.41, 5.74) is 7.93. The van der Waals surface area contributed by atoms with Gasteiger partial charge in [0.05, 0.1) is 23.6 Å². The lowest BCUT2D eigenvalue weighted by molar-refractivity contribution is 0.0827.